The van der Waals surface area contributed by atoms with E-state index in [0.29, 0.717) is 17.8 Å². The zero-order valence-corrected chi connectivity index (χ0v) is 11.0. The van der Waals surface area contributed by atoms with E-state index in [1.165, 1.54) is 0 Å². The first-order chi connectivity index (χ1) is 8.11. The summed E-state index contributed by atoms with van der Waals surface area (Å²) in [4.78, 5) is 0. The molecule has 0 aliphatic rings. The molecule has 17 heavy (non-hydrogen) atoms. The summed E-state index contributed by atoms with van der Waals surface area (Å²) in [6, 6.07) is 7.96. The zero-order chi connectivity index (χ0) is 12.7. The molecular formula is C13H18N2OS. The van der Waals surface area contributed by atoms with Crippen LogP contribution in [-0.2, 0) is 0 Å². The first-order valence-electron chi connectivity index (χ1n) is 5.53. The molecule has 0 radical (unpaired) electrons. The van der Waals surface area contributed by atoms with Crippen LogP contribution in [0.1, 0.15) is 13.8 Å². The molecule has 0 spiro atoms. The SMILES string of the molecule is C=CCOc1ccc(NC(=S)NC(C)C)cc1. The van der Waals surface area contributed by atoms with Crippen LogP contribution in [0.15, 0.2) is 36.9 Å². The van der Waals surface area contributed by atoms with Crippen LogP contribution in [0, 0.1) is 0 Å². The van der Waals surface area contributed by atoms with Crippen LogP contribution in [0.5, 0.6) is 5.75 Å². The van der Waals surface area contributed by atoms with Crippen molar-refractivity contribution in [1.82, 2.24) is 5.32 Å². The van der Waals surface area contributed by atoms with Crippen molar-refractivity contribution < 1.29 is 4.74 Å². The van der Waals surface area contributed by atoms with Gasteiger partial charge >= 0.3 is 0 Å². The lowest BCUT2D eigenvalue weighted by Crippen LogP contribution is -2.33. The Morgan fingerprint density at radius 2 is 2.06 bits per heavy atom. The van der Waals surface area contributed by atoms with Crippen LogP contribution >= 0.6 is 12.2 Å². The van der Waals surface area contributed by atoms with E-state index in [2.05, 4.69) is 17.2 Å². The molecule has 0 heterocycles. The van der Waals surface area contributed by atoms with Crippen LogP contribution in [0.4, 0.5) is 5.69 Å². The largest absolute Gasteiger partial charge is 0.490 e. The topological polar surface area (TPSA) is 33.3 Å². The molecule has 0 aliphatic heterocycles. The second-order valence-electron chi connectivity index (χ2n) is 3.88. The Morgan fingerprint density at radius 3 is 2.59 bits per heavy atom. The lowest BCUT2D eigenvalue weighted by Gasteiger charge is -2.13. The molecule has 0 aromatic heterocycles. The number of rotatable bonds is 5. The standard InChI is InChI=1S/C13H18N2OS/c1-4-9-16-12-7-5-11(6-8-12)15-13(17)14-10(2)3/h4-8,10H,1,9H2,2-3H3,(H2,14,15,17). The smallest absolute Gasteiger partial charge is 0.170 e. The molecule has 0 unspecified atom stereocenters. The molecule has 3 nitrogen and oxygen atoms in total. The van der Waals surface area contributed by atoms with E-state index in [0.717, 1.165) is 11.4 Å². The second-order valence-corrected chi connectivity index (χ2v) is 4.29. The predicted octanol–water partition coefficient (Wildman–Crippen LogP) is 2.95. The van der Waals surface area contributed by atoms with E-state index in [9.17, 15) is 0 Å². The fourth-order valence-electron chi connectivity index (χ4n) is 1.22. The fourth-order valence-corrected chi connectivity index (χ4v) is 1.57. The van der Waals surface area contributed by atoms with E-state index < -0.39 is 0 Å². The third-order valence-corrected chi connectivity index (χ3v) is 2.12. The minimum Gasteiger partial charge on any atom is -0.490 e. The highest BCUT2D eigenvalue weighted by atomic mass is 32.1. The van der Waals surface area contributed by atoms with Gasteiger partial charge in [0.25, 0.3) is 0 Å². The van der Waals surface area contributed by atoms with Gasteiger partial charge in [-0.1, -0.05) is 12.7 Å². The number of ether oxygens (including phenoxy) is 1. The van der Waals surface area contributed by atoms with E-state index in [4.69, 9.17) is 17.0 Å². The molecule has 1 rings (SSSR count). The van der Waals surface area contributed by atoms with Crippen molar-refractivity contribution >= 4 is 23.0 Å². The Morgan fingerprint density at radius 1 is 1.41 bits per heavy atom. The second kappa shape index (κ2) is 6.91. The fraction of sp³-hybridized carbons (Fsp3) is 0.308. The maximum atomic E-state index is 5.39. The Balaban J connectivity index is 2.50. The van der Waals surface area contributed by atoms with Crippen LogP contribution < -0.4 is 15.4 Å². The third-order valence-electron chi connectivity index (χ3n) is 1.90. The first-order valence-corrected chi connectivity index (χ1v) is 5.94. The average molecular weight is 250 g/mol. The van der Waals surface area contributed by atoms with Crippen molar-refractivity contribution in [1.29, 1.82) is 0 Å². The number of hydrogen-bond donors (Lipinski definition) is 2. The highest BCUT2D eigenvalue weighted by Gasteiger charge is 1.99. The molecule has 0 amide bonds. The van der Waals surface area contributed by atoms with Crippen molar-refractivity contribution in [3.63, 3.8) is 0 Å². The minimum absolute atomic E-state index is 0.324. The van der Waals surface area contributed by atoms with Gasteiger partial charge in [-0.05, 0) is 50.3 Å². The molecule has 4 heteroatoms. The molecule has 2 N–H and O–H groups in total. The maximum absolute atomic E-state index is 5.39. The van der Waals surface area contributed by atoms with E-state index >= 15 is 0 Å². The third kappa shape index (κ3) is 5.36. The molecule has 92 valence electrons. The summed E-state index contributed by atoms with van der Waals surface area (Å²) in [5.41, 5.74) is 0.939. The van der Waals surface area contributed by atoms with Crippen molar-refractivity contribution in [2.24, 2.45) is 0 Å². The van der Waals surface area contributed by atoms with Crippen LogP contribution in [-0.4, -0.2) is 17.8 Å². The summed E-state index contributed by atoms with van der Waals surface area (Å²) in [6.07, 6.45) is 1.72. The van der Waals surface area contributed by atoms with Gasteiger partial charge in [-0.25, -0.2) is 0 Å². The summed E-state index contributed by atoms with van der Waals surface area (Å²) < 4.78 is 5.39. The van der Waals surface area contributed by atoms with Gasteiger partial charge in [0, 0.05) is 11.7 Å². The number of hydrogen-bond acceptors (Lipinski definition) is 2. The van der Waals surface area contributed by atoms with Crippen molar-refractivity contribution in [2.45, 2.75) is 19.9 Å². The number of anilines is 1. The molecule has 0 bridgehead atoms. The van der Waals surface area contributed by atoms with Gasteiger partial charge in [-0.15, -0.1) is 0 Å². The molecule has 0 fully saturated rings. The monoisotopic (exact) mass is 250 g/mol. The summed E-state index contributed by atoms with van der Waals surface area (Å²) in [5.74, 6) is 0.818. The van der Waals surface area contributed by atoms with E-state index in [1.807, 2.05) is 38.1 Å². The summed E-state index contributed by atoms with van der Waals surface area (Å²) in [6.45, 7) is 8.20. The van der Waals surface area contributed by atoms with E-state index in [1.54, 1.807) is 6.08 Å². The highest BCUT2D eigenvalue weighted by molar-refractivity contribution is 7.80. The molecule has 0 aliphatic carbocycles. The van der Waals surface area contributed by atoms with Crippen LogP contribution in [0.3, 0.4) is 0 Å². The number of thiocarbonyl (C=S) groups is 1. The Kier molecular flexibility index (Phi) is 5.49. The molecule has 1 aromatic rings. The maximum Gasteiger partial charge on any atom is 0.170 e. The van der Waals surface area contributed by atoms with Gasteiger partial charge in [-0.3, -0.25) is 0 Å². The normalized spacial score (nSPS) is 9.82. The van der Waals surface area contributed by atoms with E-state index in [-0.39, 0.29) is 0 Å². The molecule has 0 saturated heterocycles. The predicted molar refractivity (Wildman–Crippen MR) is 76.6 cm³/mol. The van der Waals surface area contributed by atoms with Crippen molar-refractivity contribution in [3.05, 3.63) is 36.9 Å². The molecule has 0 saturated carbocycles. The summed E-state index contributed by atoms with van der Waals surface area (Å²) in [5, 5.41) is 6.84. The average Bonchev–Trinajstić information content (AvgIpc) is 2.27. The Labute approximate surface area is 108 Å². The minimum atomic E-state index is 0.324. The van der Waals surface area contributed by atoms with Crippen LogP contribution in [0.2, 0.25) is 0 Å². The lowest BCUT2D eigenvalue weighted by molar-refractivity contribution is 0.363. The van der Waals surface area contributed by atoms with Gasteiger partial charge in [-0.2, -0.15) is 0 Å². The van der Waals surface area contributed by atoms with Gasteiger partial charge in [0.2, 0.25) is 0 Å². The van der Waals surface area contributed by atoms with Crippen molar-refractivity contribution in [3.8, 4) is 5.75 Å². The van der Waals surface area contributed by atoms with Gasteiger partial charge in [0.1, 0.15) is 12.4 Å². The van der Waals surface area contributed by atoms with Gasteiger partial charge in [0.05, 0.1) is 0 Å². The highest BCUT2D eigenvalue weighted by Crippen LogP contribution is 2.15. The molecule has 1 aromatic carbocycles. The zero-order valence-electron chi connectivity index (χ0n) is 10.2. The molecule has 0 atom stereocenters. The Hall–Kier alpha value is -1.55. The number of benzene rings is 1. The van der Waals surface area contributed by atoms with Crippen molar-refractivity contribution in [2.75, 3.05) is 11.9 Å². The Bertz CT molecular complexity index is 374. The number of nitrogens with one attached hydrogen (secondary N) is 2. The van der Waals surface area contributed by atoms with Gasteiger partial charge < -0.3 is 15.4 Å². The summed E-state index contributed by atoms with van der Waals surface area (Å²) >= 11 is 5.15. The lowest BCUT2D eigenvalue weighted by atomic mass is 10.3. The molecular weight excluding hydrogens is 232 g/mol. The van der Waals surface area contributed by atoms with Gasteiger partial charge in [0.15, 0.2) is 5.11 Å². The summed E-state index contributed by atoms with van der Waals surface area (Å²) in [7, 11) is 0. The first kappa shape index (κ1) is 13.5. The van der Waals surface area contributed by atoms with Crippen LogP contribution in [0.25, 0.3) is 0 Å². The quantitative estimate of drug-likeness (QED) is 0.622.